The minimum atomic E-state index is -6.06. The zero-order valence-corrected chi connectivity index (χ0v) is 25.8. The van der Waals surface area contributed by atoms with Crippen molar-refractivity contribution in [1.82, 2.24) is 0 Å². The molecule has 46 heavy (non-hydrogen) atoms. The standard InChI is InChI=1S/C21H21O3S.C8H9F9O3S/c1-22-16-4-10-19(11-5-16)25(20-12-6-17(23-2)7-13-20)21-14-8-18(24-3)9-15-21;9-1(3(11)5(13)7(15)16)2(10)4(12)6(14)8(17)21(18,19)20/h4-15H,1-3H3;1-8H,(H,18,19,20)/q+1;/p-1. The monoisotopic (exact) mass is 708 g/mol. The summed E-state index contributed by atoms with van der Waals surface area (Å²) in [5.74, 6) is 2.57. The highest BCUT2D eigenvalue weighted by molar-refractivity contribution is 7.97. The molecule has 0 amide bonds. The summed E-state index contributed by atoms with van der Waals surface area (Å²) < 4.78 is 159. The van der Waals surface area contributed by atoms with Crippen LogP contribution in [0.2, 0.25) is 0 Å². The Morgan fingerprint density at radius 2 is 0.761 bits per heavy atom. The van der Waals surface area contributed by atoms with E-state index in [1.54, 1.807) is 21.3 Å². The Morgan fingerprint density at radius 1 is 0.500 bits per heavy atom. The van der Waals surface area contributed by atoms with Crippen molar-refractivity contribution in [2.45, 2.75) is 63.6 Å². The molecule has 3 rings (SSSR count). The van der Waals surface area contributed by atoms with Gasteiger partial charge in [0.05, 0.1) is 32.2 Å². The minimum Gasteiger partial charge on any atom is -0.746 e. The van der Waals surface area contributed by atoms with E-state index in [0.29, 0.717) is 0 Å². The third kappa shape index (κ3) is 10.4. The van der Waals surface area contributed by atoms with Crippen molar-refractivity contribution in [2.75, 3.05) is 21.3 Å². The Bertz CT molecular complexity index is 1320. The minimum absolute atomic E-state index is 0.212. The fourth-order valence-corrected chi connectivity index (χ4v) is 6.20. The largest absolute Gasteiger partial charge is 0.746 e. The summed E-state index contributed by atoms with van der Waals surface area (Å²) in [6.07, 6.45) is -27.9. The van der Waals surface area contributed by atoms with Crippen LogP contribution in [-0.4, -0.2) is 83.3 Å². The zero-order valence-electron chi connectivity index (χ0n) is 24.2. The average Bonchev–Trinajstić information content (AvgIpc) is 3.06. The SMILES string of the molecule is COc1ccc([S+](c2ccc(OC)cc2)c2ccc(OC)cc2)cc1.O=S(=O)([O-])C(F)C(F)C(F)C(F)C(F)C(F)C(F)C(F)F. The molecule has 7 atom stereocenters. The summed E-state index contributed by atoms with van der Waals surface area (Å²) in [4.78, 5) is 3.70. The second kappa shape index (κ2) is 17.6. The van der Waals surface area contributed by atoms with Gasteiger partial charge in [0.25, 0.3) is 6.43 Å². The molecule has 0 heterocycles. The molecule has 0 fully saturated rings. The van der Waals surface area contributed by atoms with Gasteiger partial charge in [0.2, 0.25) is 5.50 Å². The van der Waals surface area contributed by atoms with E-state index in [1.807, 2.05) is 36.4 Å². The first-order valence-corrected chi connectivity index (χ1v) is 15.6. The van der Waals surface area contributed by atoms with Gasteiger partial charge in [0.15, 0.2) is 51.7 Å². The predicted octanol–water partition coefficient (Wildman–Crippen LogP) is 6.93. The van der Waals surface area contributed by atoms with Crippen LogP contribution in [0.1, 0.15) is 0 Å². The molecule has 0 aliphatic heterocycles. The van der Waals surface area contributed by atoms with Crippen LogP contribution >= 0.6 is 0 Å². The normalized spacial score (nSPS) is 16.3. The molecule has 0 saturated heterocycles. The maximum absolute atomic E-state index is 13.0. The summed E-state index contributed by atoms with van der Waals surface area (Å²) >= 11 is 0. The molecule has 256 valence electrons. The van der Waals surface area contributed by atoms with E-state index in [9.17, 15) is 52.5 Å². The van der Waals surface area contributed by atoms with Gasteiger partial charge in [-0.15, -0.1) is 0 Å². The molecule has 6 nitrogen and oxygen atoms in total. The van der Waals surface area contributed by atoms with Crippen LogP contribution in [0.5, 0.6) is 17.2 Å². The number of hydrogen-bond acceptors (Lipinski definition) is 6. The fraction of sp³-hybridized carbons (Fsp3) is 0.379. The van der Waals surface area contributed by atoms with Gasteiger partial charge >= 0.3 is 0 Å². The first-order valence-electron chi connectivity index (χ1n) is 12.9. The topological polar surface area (TPSA) is 84.9 Å². The Kier molecular flexibility index (Phi) is 14.8. The van der Waals surface area contributed by atoms with Crippen molar-refractivity contribution in [2.24, 2.45) is 0 Å². The molecule has 0 aliphatic rings. The van der Waals surface area contributed by atoms with Crippen molar-refractivity contribution in [1.29, 1.82) is 0 Å². The Morgan fingerprint density at radius 3 is 1.00 bits per heavy atom. The van der Waals surface area contributed by atoms with Crippen LogP contribution in [0, 0.1) is 0 Å². The highest BCUT2D eigenvalue weighted by atomic mass is 32.2. The van der Waals surface area contributed by atoms with Gasteiger partial charge in [-0.1, -0.05) is 0 Å². The molecule has 3 aromatic rings. The molecule has 0 saturated carbocycles. The lowest BCUT2D eigenvalue weighted by molar-refractivity contribution is -0.0621. The highest BCUT2D eigenvalue weighted by Gasteiger charge is 2.48. The van der Waals surface area contributed by atoms with E-state index in [-0.39, 0.29) is 10.9 Å². The van der Waals surface area contributed by atoms with Gasteiger partial charge in [0.1, 0.15) is 27.4 Å². The molecular formula is C29H29F9O6S2. The number of rotatable bonds is 14. The molecule has 0 N–H and O–H groups in total. The average molecular weight is 709 g/mol. The van der Waals surface area contributed by atoms with Crippen LogP contribution < -0.4 is 14.2 Å². The molecule has 0 spiro atoms. The van der Waals surface area contributed by atoms with Crippen LogP contribution in [0.15, 0.2) is 87.5 Å². The maximum Gasteiger partial charge on any atom is 0.272 e. The fourth-order valence-electron chi connectivity index (χ4n) is 3.69. The van der Waals surface area contributed by atoms with Crippen molar-refractivity contribution in [3.05, 3.63) is 72.8 Å². The molecule has 0 aromatic heterocycles. The van der Waals surface area contributed by atoms with E-state index in [2.05, 4.69) is 36.4 Å². The van der Waals surface area contributed by atoms with Crippen LogP contribution in [0.4, 0.5) is 39.5 Å². The predicted molar refractivity (Wildman–Crippen MR) is 151 cm³/mol. The van der Waals surface area contributed by atoms with Crippen LogP contribution in [0.3, 0.4) is 0 Å². The molecule has 0 aliphatic carbocycles. The van der Waals surface area contributed by atoms with Gasteiger partial charge in [-0.2, -0.15) is 0 Å². The number of alkyl halides is 9. The van der Waals surface area contributed by atoms with Crippen molar-refractivity contribution in [3.63, 3.8) is 0 Å². The molecular weight excluding hydrogens is 679 g/mol. The summed E-state index contributed by atoms with van der Waals surface area (Å²) in [5, 5.41) is 0. The van der Waals surface area contributed by atoms with E-state index in [1.165, 1.54) is 14.7 Å². The van der Waals surface area contributed by atoms with Crippen molar-refractivity contribution in [3.8, 4) is 17.2 Å². The van der Waals surface area contributed by atoms with Gasteiger partial charge in [0, 0.05) is 0 Å². The first-order chi connectivity index (χ1) is 21.6. The Balaban J connectivity index is 0.000000327. The molecule has 7 unspecified atom stereocenters. The van der Waals surface area contributed by atoms with E-state index < -0.39 is 59.1 Å². The molecule has 0 radical (unpaired) electrons. The summed E-state index contributed by atoms with van der Waals surface area (Å²) in [6, 6.07) is 24.7. The van der Waals surface area contributed by atoms with Gasteiger partial charge in [-0.25, -0.2) is 47.9 Å². The molecule has 3 aromatic carbocycles. The summed E-state index contributed by atoms with van der Waals surface area (Å²) in [7, 11) is -1.23. The van der Waals surface area contributed by atoms with E-state index in [0.717, 1.165) is 17.2 Å². The highest BCUT2D eigenvalue weighted by Crippen LogP contribution is 2.34. The van der Waals surface area contributed by atoms with Gasteiger partial charge in [-0.3, -0.25) is 0 Å². The Hall–Kier alpha value is -3.31. The molecule has 17 heteroatoms. The third-order valence-corrected chi connectivity index (χ3v) is 9.22. The zero-order chi connectivity index (χ0) is 34.8. The van der Waals surface area contributed by atoms with Crippen LogP contribution in [0.25, 0.3) is 0 Å². The second-order valence-electron chi connectivity index (χ2n) is 9.18. The van der Waals surface area contributed by atoms with Crippen LogP contribution in [-0.2, 0) is 21.0 Å². The number of halogens is 9. The number of benzene rings is 3. The quantitative estimate of drug-likeness (QED) is 0.103. The number of ether oxygens (including phenoxy) is 3. The Labute approximate surface area is 262 Å². The van der Waals surface area contributed by atoms with E-state index >= 15 is 0 Å². The third-order valence-electron chi connectivity index (χ3n) is 6.17. The number of hydrogen-bond donors (Lipinski definition) is 0. The lowest BCUT2D eigenvalue weighted by Crippen LogP contribution is -2.47. The smallest absolute Gasteiger partial charge is 0.272 e. The first kappa shape index (κ1) is 38.9. The summed E-state index contributed by atoms with van der Waals surface area (Å²) in [6.45, 7) is 0. The van der Waals surface area contributed by atoms with Gasteiger partial charge < -0.3 is 18.8 Å². The lowest BCUT2D eigenvalue weighted by atomic mass is 10.0. The maximum atomic E-state index is 13.0. The summed E-state index contributed by atoms with van der Waals surface area (Å²) in [5.41, 5.74) is -4.13. The van der Waals surface area contributed by atoms with Gasteiger partial charge in [-0.05, 0) is 72.8 Å². The molecule has 0 bridgehead atoms. The number of methoxy groups -OCH3 is 3. The van der Waals surface area contributed by atoms with E-state index in [4.69, 9.17) is 14.2 Å². The lowest BCUT2D eigenvalue weighted by Gasteiger charge is -2.25. The van der Waals surface area contributed by atoms with Crippen molar-refractivity contribution < 1.29 is 66.7 Å². The second-order valence-corrected chi connectivity index (χ2v) is 12.6. The van der Waals surface area contributed by atoms with Crippen molar-refractivity contribution >= 4 is 21.0 Å².